The van der Waals surface area contributed by atoms with E-state index in [0.29, 0.717) is 0 Å². The van der Waals surface area contributed by atoms with Crippen LogP contribution < -0.4 is 0 Å². The summed E-state index contributed by atoms with van der Waals surface area (Å²) in [6.45, 7) is 3.83. The molecule has 1 aromatic rings. The van der Waals surface area contributed by atoms with Crippen LogP contribution in [0.3, 0.4) is 0 Å². The first-order valence-electron chi connectivity index (χ1n) is 3.98. The highest BCUT2D eigenvalue weighted by atomic mass is 127. The first kappa shape index (κ1) is 9.99. The third-order valence-electron chi connectivity index (χ3n) is 1.95. The zero-order chi connectivity index (χ0) is 9.14. The summed E-state index contributed by atoms with van der Waals surface area (Å²) in [6.07, 6.45) is -0.354. The molecule has 1 rings (SSSR count). The lowest BCUT2D eigenvalue weighted by Crippen LogP contribution is -1.95. The Kier molecular flexibility index (Phi) is 3.53. The standard InChI is InChI=1S/C10H13IO/c1-7-3-4-9(6-11)5-10(7)8(2)12/h3-5,8,12H,6H2,1-2H3. The first-order chi connectivity index (χ1) is 5.65. The number of rotatable bonds is 2. The Hall–Kier alpha value is -0.0900. The fourth-order valence-electron chi connectivity index (χ4n) is 1.22. The smallest absolute Gasteiger partial charge is 0.0764 e. The van der Waals surface area contributed by atoms with Crippen molar-refractivity contribution in [1.82, 2.24) is 0 Å². The summed E-state index contributed by atoms with van der Waals surface area (Å²) in [4.78, 5) is 0. The summed E-state index contributed by atoms with van der Waals surface area (Å²) in [5, 5.41) is 9.42. The van der Waals surface area contributed by atoms with Gasteiger partial charge in [-0.15, -0.1) is 0 Å². The van der Waals surface area contributed by atoms with Gasteiger partial charge in [0, 0.05) is 4.43 Å². The van der Waals surface area contributed by atoms with Crippen LogP contribution in [0.15, 0.2) is 18.2 Å². The van der Waals surface area contributed by atoms with Crippen LogP contribution in [0.1, 0.15) is 29.7 Å². The van der Waals surface area contributed by atoms with Crippen molar-refractivity contribution in [1.29, 1.82) is 0 Å². The molecule has 0 bridgehead atoms. The molecule has 0 aliphatic carbocycles. The summed E-state index contributed by atoms with van der Waals surface area (Å²) >= 11 is 2.32. The molecule has 0 heterocycles. The van der Waals surface area contributed by atoms with Gasteiger partial charge in [-0.05, 0) is 30.5 Å². The Morgan fingerprint density at radius 1 is 1.50 bits per heavy atom. The molecule has 0 saturated carbocycles. The maximum atomic E-state index is 9.42. The van der Waals surface area contributed by atoms with Gasteiger partial charge in [-0.1, -0.05) is 40.8 Å². The molecule has 1 N–H and O–H groups in total. The Bertz CT molecular complexity index is 269. The second-order valence-electron chi connectivity index (χ2n) is 3.00. The lowest BCUT2D eigenvalue weighted by atomic mass is 10.0. The number of alkyl halides is 1. The minimum atomic E-state index is -0.354. The first-order valence-corrected chi connectivity index (χ1v) is 5.51. The summed E-state index contributed by atoms with van der Waals surface area (Å²) in [7, 11) is 0. The molecular formula is C10H13IO. The summed E-state index contributed by atoms with van der Waals surface area (Å²) < 4.78 is 0.998. The van der Waals surface area contributed by atoms with Gasteiger partial charge in [0.15, 0.2) is 0 Å². The van der Waals surface area contributed by atoms with Crippen LogP contribution in [-0.4, -0.2) is 5.11 Å². The van der Waals surface area contributed by atoms with E-state index in [9.17, 15) is 5.11 Å². The van der Waals surface area contributed by atoms with Gasteiger partial charge < -0.3 is 5.11 Å². The number of aryl methyl sites for hydroxylation is 1. The van der Waals surface area contributed by atoms with Crippen LogP contribution in [0.25, 0.3) is 0 Å². The zero-order valence-electron chi connectivity index (χ0n) is 7.34. The molecule has 66 valence electrons. The normalized spacial score (nSPS) is 13.0. The molecule has 0 aromatic heterocycles. The molecule has 0 fully saturated rings. The molecule has 2 heteroatoms. The Morgan fingerprint density at radius 2 is 2.17 bits per heavy atom. The number of aliphatic hydroxyl groups excluding tert-OH is 1. The van der Waals surface area contributed by atoms with Crippen molar-refractivity contribution in [2.75, 3.05) is 0 Å². The summed E-state index contributed by atoms with van der Waals surface area (Å²) in [5.74, 6) is 0. The Labute approximate surface area is 86.9 Å². The van der Waals surface area contributed by atoms with E-state index in [4.69, 9.17) is 0 Å². The number of hydrogen-bond acceptors (Lipinski definition) is 1. The summed E-state index contributed by atoms with van der Waals surface area (Å²) in [6, 6.07) is 6.25. The second kappa shape index (κ2) is 4.23. The lowest BCUT2D eigenvalue weighted by molar-refractivity contribution is 0.198. The fraction of sp³-hybridized carbons (Fsp3) is 0.400. The van der Waals surface area contributed by atoms with Crippen molar-refractivity contribution in [2.24, 2.45) is 0 Å². The largest absolute Gasteiger partial charge is 0.389 e. The van der Waals surface area contributed by atoms with Crippen LogP contribution in [0, 0.1) is 6.92 Å². The van der Waals surface area contributed by atoms with E-state index in [-0.39, 0.29) is 6.10 Å². The zero-order valence-corrected chi connectivity index (χ0v) is 9.50. The number of benzene rings is 1. The van der Waals surface area contributed by atoms with Crippen molar-refractivity contribution < 1.29 is 5.11 Å². The topological polar surface area (TPSA) is 20.2 Å². The van der Waals surface area contributed by atoms with Gasteiger partial charge in [-0.3, -0.25) is 0 Å². The molecule has 1 aromatic carbocycles. The molecule has 0 amide bonds. The highest BCUT2D eigenvalue weighted by molar-refractivity contribution is 14.1. The van der Waals surface area contributed by atoms with E-state index in [1.807, 2.05) is 6.92 Å². The molecule has 0 aliphatic heterocycles. The molecule has 0 saturated heterocycles. The molecule has 12 heavy (non-hydrogen) atoms. The quantitative estimate of drug-likeness (QED) is 0.650. The average Bonchev–Trinajstić information content (AvgIpc) is 2.05. The third kappa shape index (κ3) is 2.20. The van der Waals surface area contributed by atoms with Crippen molar-refractivity contribution in [2.45, 2.75) is 24.4 Å². The maximum absolute atomic E-state index is 9.42. The Balaban J connectivity index is 3.08. The van der Waals surface area contributed by atoms with Crippen LogP contribution in [0.2, 0.25) is 0 Å². The van der Waals surface area contributed by atoms with Crippen molar-refractivity contribution in [3.63, 3.8) is 0 Å². The van der Waals surface area contributed by atoms with Crippen molar-refractivity contribution in [3.05, 3.63) is 34.9 Å². The van der Waals surface area contributed by atoms with Gasteiger partial charge in [0.05, 0.1) is 6.10 Å². The van der Waals surface area contributed by atoms with Crippen LogP contribution in [0.4, 0.5) is 0 Å². The van der Waals surface area contributed by atoms with E-state index in [2.05, 4.69) is 40.8 Å². The van der Waals surface area contributed by atoms with Gasteiger partial charge >= 0.3 is 0 Å². The minimum absolute atomic E-state index is 0.354. The van der Waals surface area contributed by atoms with Crippen LogP contribution >= 0.6 is 22.6 Å². The predicted molar refractivity (Wildman–Crippen MR) is 59.5 cm³/mol. The average molecular weight is 276 g/mol. The molecule has 0 aliphatic rings. The van der Waals surface area contributed by atoms with Crippen LogP contribution in [0.5, 0.6) is 0 Å². The fourth-order valence-corrected chi connectivity index (χ4v) is 1.70. The highest BCUT2D eigenvalue weighted by Gasteiger charge is 2.04. The third-order valence-corrected chi connectivity index (χ3v) is 2.83. The second-order valence-corrected chi connectivity index (χ2v) is 3.76. The minimum Gasteiger partial charge on any atom is -0.389 e. The molecule has 0 spiro atoms. The molecule has 0 radical (unpaired) electrons. The SMILES string of the molecule is Cc1ccc(CI)cc1C(C)O. The molecular weight excluding hydrogens is 263 g/mol. The van der Waals surface area contributed by atoms with Crippen LogP contribution in [-0.2, 0) is 4.43 Å². The number of aliphatic hydroxyl groups is 1. The molecule has 1 atom stereocenters. The van der Waals surface area contributed by atoms with E-state index in [1.54, 1.807) is 6.92 Å². The number of halogens is 1. The van der Waals surface area contributed by atoms with E-state index >= 15 is 0 Å². The van der Waals surface area contributed by atoms with E-state index < -0.39 is 0 Å². The van der Waals surface area contributed by atoms with Gasteiger partial charge in [0.25, 0.3) is 0 Å². The molecule has 1 nitrogen and oxygen atoms in total. The Morgan fingerprint density at radius 3 is 2.67 bits per heavy atom. The van der Waals surface area contributed by atoms with Crippen molar-refractivity contribution in [3.8, 4) is 0 Å². The van der Waals surface area contributed by atoms with E-state index in [0.717, 1.165) is 9.99 Å². The van der Waals surface area contributed by atoms with Gasteiger partial charge in [0.1, 0.15) is 0 Å². The maximum Gasteiger partial charge on any atom is 0.0764 e. The van der Waals surface area contributed by atoms with Crippen molar-refractivity contribution >= 4 is 22.6 Å². The highest BCUT2D eigenvalue weighted by Crippen LogP contribution is 2.19. The monoisotopic (exact) mass is 276 g/mol. The van der Waals surface area contributed by atoms with Gasteiger partial charge in [0.2, 0.25) is 0 Å². The molecule has 1 unspecified atom stereocenters. The van der Waals surface area contributed by atoms with Gasteiger partial charge in [-0.25, -0.2) is 0 Å². The number of hydrogen-bond donors (Lipinski definition) is 1. The predicted octanol–water partition coefficient (Wildman–Crippen LogP) is 2.98. The summed E-state index contributed by atoms with van der Waals surface area (Å²) in [5.41, 5.74) is 3.49. The van der Waals surface area contributed by atoms with Gasteiger partial charge in [-0.2, -0.15) is 0 Å². The lowest BCUT2D eigenvalue weighted by Gasteiger charge is -2.09. The van der Waals surface area contributed by atoms with E-state index in [1.165, 1.54) is 11.1 Å².